The average molecular weight is 271 g/mol. The van der Waals surface area contributed by atoms with Gasteiger partial charge in [0.1, 0.15) is 5.01 Å². The maximum Gasteiger partial charge on any atom is 0.229 e. The molecule has 1 atom stereocenters. The summed E-state index contributed by atoms with van der Waals surface area (Å²) in [6.45, 7) is 4.41. The van der Waals surface area contributed by atoms with Crippen LogP contribution in [0.2, 0.25) is 0 Å². The minimum absolute atomic E-state index is 0.0978. The second kappa shape index (κ2) is 4.93. The van der Waals surface area contributed by atoms with E-state index < -0.39 is 0 Å². The molecule has 4 nitrogen and oxygen atoms in total. The number of carbonyl (C=O) groups is 1. The summed E-state index contributed by atoms with van der Waals surface area (Å²) in [6.07, 6.45) is 2.35. The van der Waals surface area contributed by atoms with E-state index >= 15 is 0 Å². The van der Waals surface area contributed by atoms with Gasteiger partial charge in [0.25, 0.3) is 0 Å². The number of carbonyl (C=O) groups excluding carboxylic acids is 1. The van der Waals surface area contributed by atoms with Gasteiger partial charge in [-0.2, -0.15) is 0 Å². The van der Waals surface area contributed by atoms with Crippen molar-refractivity contribution in [3.63, 3.8) is 0 Å². The van der Waals surface area contributed by atoms with Crippen molar-refractivity contribution in [3.8, 4) is 10.6 Å². The SMILES string of the molecule is C=CC1CC(=O)N(c2nnc(-c3ccccc3)s2)C1. The van der Waals surface area contributed by atoms with Gasteiger partial charge in [-0.05, 0) is 0 Å². The van der Waals surface area contributed by atoms with Gasteiger partial charge in [-0.25, -0.2) is 0 Å². The molecule has 1 aliphatic rings. The lowest BCUT2D eigenvalue weighted by molar-refractivity contribution is -0.117. The second-order valence-electron chi connectivity index (χ2n) is 4.46. The molecule has 96 valence electrons. The van der Waals surface area contributed by atoms with E-state index in [1.54, 1.807) is 4.90 Å². The Hall–Kier alpha value is -2.01. The number of hydrogen-bond acceptors (Lipinski definition) is 4. The predicted octanol–water partition coefficient (Wildman–Crippen LogP) is 2.74. The molecule has 0 saturated carbocycles. The fourth-order valence-corrected chi connectivity index (χ4v) is 2.98. The third-order valence-electron chi connectivity index (χ3n) is 3.15. The van der Waals surface area contributed by atoms with Crippen LogP contribution in [-0.2, 0) is 4.79 Å². The molecule has 1 aliphatic heterocycles. The van der Waals surface area contributed by atoms with E-state index in [4.69, 9.17) is 0 Å². The lowest BCUT2D eigenvalue weighted by atomic mass is 10.1. The number of amides is 1. The highest BCUT2D eigenvalue weighted by atomic mass is 32.1. The van der Waals surface area contributed by atoms with Gasteiger partial charge in [-0.3, -0.25) is 9.69 Å². The number of nitrogens with zero attached hydrogens (tertiary/aromatic N) is 3. The van der Waals surface area contributed by atoms with E-state index in [9.17, 15) is 4.79 Å². The van der Waals surface area contributed by atoms with Gasteiger partial charge in [0, 0.05) is 24.4 Å². The Bertz CT molecular complexity index is 608. The van der Waals surface area contributed by atoms with Crippen LogP contribution in [-0.4, -0.2) is 22.6 Å². The van der Waals surface area contributed by atoms with Gasteiger partial charge in [0.15, 0.2) is 0 Å². The van der Waals surface area contributed by atoms with E-state index in [0.717, 1.165) is 10.6 Å². The Balaban J connectivity index is 1.86. The number of hydrogen-bond donors (Lipinski definition) is 0. The zero-order valence-electron chi connectivity index (χ0n) is 10.3. The molecule has 2 heterocycles. The molecule has 1 unspecified atom stereocenters. The van der Waals surface area contributed by atoms with Gasteiger partial charge in [0.05, 0.1) is 0 Å². The summed E-state index contributed by atoms with van der Waals surface area (Å²) in [6, 6.07) is 9.87. The fourth-order valence-electron chi connectivity index (χ4n) is 2.10. The Morgan fingerprint density at radius 1 is 1.32 bits per heavy atom. The molecule has 0 aliphatic carbocycles. The van der Waals surface area contributed by atoms with E-state index in [-0.39, 0.29) is 11.8 Å². The number of aromatic nitrogens is 2. The second-order valence-corrected chi connectivity index (χ2v) is 5.42. The standard InChI is InChI=1S/C14H13N3OS/c1-2-10-8-12(18)17(9-10)14-16-15-13(19-14)11-6-4-3-5-7-11/h2-7,10H,1,8-9H2. The third kappa shape index (κ3) is 2.29. The summed E-state index contributed by atoms with van der Waals surface area (Å²) in [7, 11) is 0. The molecule has 5 heteroatoms. The minimum atomic E-state index is 0.0978. The van der Waals surface area contributed by atoms with Crippen molar-refractivity contribution in [1.29, 1.82) is 0 Å². The topological polar surface area (TPSA) is 46.1 Å². The normalized spacial score (nSPS) is 18.8. The molecular formula is C14H13N3OS. The first-order valence-corrected chi connectivity index (χ1v) is 6.91. The maximum atomic E-state index is 11.9. The lowest BCUT2D eigenvalue weighted by Gasteiger charge is -2.10. The van der Waals surface area contributed by atoms with Gasteiger partial charge in [-0.1, -0.05) is 47.7 Å². The van der Waals surface area contributed by atoms with Gasteiger partial charge >= 0.3 is 0 Å². The van der Waals surface area contributed by atoms with Crippen molar-refractivity contribution < 1.29 is 4.79 Å². The zero-order chi connectivity index (χ0) is 13.2. The molecule has 0 bridgehead atoms. The smallest absolute Gasteiger partial charge is 0.229 e. The van der Waals surface area contributed by atoms with Crippen LogP contribution in [0.25, 0.3) is 10.6 Å². The summed E-state index contributed by atoms with van der Waals surface area (Å²) >= 11 is 1.45. The molecule has 3 rings (SSSR count). The van der Waals surface area contributed by atoms with E-state index in [1.165, 1.54) is 11.3 Å². The average Bonchev–Trinajstić information content (AvgIpc) is 3.06. The Labute approximate surface area is 115 Å². The maximum absolute atomic E-state index is 11.9. The summed E-state index contributed by atoms with van der Waals surface area (Å²) in [4.78, 5) is 13.6. The molecule has 1 aromatic heterocycles. The van der Waals surface area contributed by atoms with Gasteiger partial charge in [0.2, 0.25) is 11.0 Å². The van der Waals surface area contributed by atoms with Crippen LogP contribution < -0.4 is 4.90 Å². The zero-order valence-corrected chi connectivity index (χ0v) is 11.1. The summed E-state index contributed by atoms with van der Waals surface area (Å²) in [5.74, 6) is 0.317. The summed E-state index contributed by atoms with van der Waals surface area (Å²) in [5.41, 5.74) is 1.03. The third-order valence-corrected chi connectivity index (χ3v) is 4.15. The molecule has 19 heavy (non-hydrogen) atoms. The highest BCUT2D eigenvalue weighted by Crippen LogP contribution is 2.32. The predicted molar refractivity (Wildman–Crippen MR) is 76.0 cm³/mol. The number of anilines is 1. The molecular weight excluding hydrogens is 258 g/mol. The Morgan fingerprint density at radius 2 is 2.11 bits per heavy atom. The Kier molecular flexibility index (Phi) is 3.13. The first kappa shape index (κ1) is 12.0. The Morgan fingerprint density at radius 3 is 2.79 bits per heavy atom. The van der Waals surface area contributed by atoms with Crippen LogP contribution in [0.15, 0.2) is 43.0 Å². The highest BCUT2D eigenvalue weighted by molar-refractivity contribution is 7.18. The van der Waals surface area contributed by atoms with Crippen molar-refractivity contribution in [3.05, 3.63) is 43.0 Å². The van der Waals surface area contributed by atoms with E-state index in [0.29, 0.717) is 18.1 Å². The van der Waals surface area contributed by atoms with Crippen LogP contribution in [0.1, 0.15) is 6.42 Å². The van der Waals surface area contributed by atoms with Gasteiger partial charge < -0.3 is 0 Å². The van der Waals surface area contributed by atoms with Crippen molar-refractivity contribution in [1.82, 2.24) is 10.2 Å². The monoisotopic (exact) mass is 271 g/mol. The van der Waals surface area contributed by atoms with Gasteiger partial charge in [-0.15, -0.1) is 16.8 Å². The quantitative estimate of drug-likeness (QED) is 0.806. The van der Waals surface area contributed by atoms with E-state index in [2.05, 4.69) is 16.8 Å². The highest BCUT2D eigenvalue weighted by Gasteiger charge is 2.31. The molecule has 0 radical (unpaired) electrons. The van der Waals surface area contributed by atoms with E-state index in [1.807, 2.05) is 36.4 Å². The van der Waals surface area contributed by atoms with Crippen molar-refractivity contribution in [2.24, 2.45) is 5.92 Å². The molecule has 1 fully saturated rings. The summed E-state index contributed by atoms with van der Waals surface area (Å²) < 4.78 is 0. The van der Waals surface area contributed by atoms with Crippen LogP contribution >= 0.6 is 11.3 Å². The largest absolute Gasteiger partial charge is 0.286 e. The summed E-state index contributed by atoms with van der Waals surface area (Å²) in [5, 5.41) is 9.81. The van der Waals surface area contributed by atoms with Crippen LogP contribution in [0.4, 0.5) is 5.13 Å². The first-order valence-electron chi connectivity index (χ1n) is 6.10. The molecule has 1 amide bonds. The first-order chi connectivity index (χ1) is 9.28. The number of rotatable bonds is 3. The fraction of sp³-hybridized carbons (Fsp3) is 0.214. The van der Waals surface area contributed by atoms with Crippen molar-refractivity contribution >= 4 is 22.4 Å². The molecule has 0 spiro atoms. The van der Waals surface area contributed by atoms with Crippen LogP contribution in [0.5, 0.6) is 0 Å². The van der Waals surface area contributed by atoms with Crippen molar-refractivity contribution in [2.45, 2.75) is 6.42 Å². The van der Waals surface area contributed by atoms with Crippen molar-refractivity contribution in [2.75, 3.05) is 11.4 Å². The molecule has 1 saturated heterocycles. The molecule has 1 aromatic carbocycles. The lowest BCUT2D eigenvalue weighted by Crippen LogP contribution is -2.24. The van der Waals surface area contributed by atoms with Crippen LogP contribution in [0.3, 0.4) is 0 Å². The minimum Gasteiger partial charge on any atom is -0.286 e. The van der Waals surface area contributed by atoms with Crippen LogP contribution in [0, 0.1) is 5.92 Å². The number of benzene rings is 1. The molecule has 2 aromatic rings. The molecule has 0 N–H and O–H groups in total.